The van der Waals surface area contributed by atoms with Crippen LogP contribution < -0.4 is 9.47 Å². The van der Waals surface area contributed by atoms with E-state index in [1.54, 1.807) is 7.11 Å². The highest BCUT2D eigenvalue weighted by Crippen LogP contribution is 2.35. The van der Waals surface area contributed by atoms with Gasteiger partial charge in [-0.25, -0.2) is 0 Å². The molecule has 0 radical (unpaired) electrons. The molecule has 2 saturated carbocycles. The van der Waals surface area contributed by atoms with E-state index in [9.17, 15) is 4.79 Å². The molecular weight excluding hydrogens is 302 g/mol. The number of ether oxygens (including phenoxy) is 2. The Morgan fingerprint density at radius 2 is 1.95 bits per heavy atom. The second-order valence-corrected chi connectivity index (χ2v) is 6.23. The van der Waals surface area contributed by atoms with Gasteiger partial charge < -0.3 is 9.47 Å². The molecular formula is C17H20ClNO3. The minimum absolute atomic E-state index is 0.0522. The molecule has 0 aliphatic heterocycles. The molecule has 1 aromatic carbocycles. The molecule has 3 rings (SSSR count). The van der Waals surface area contributed by atoms with Gasteiger partial charge in [-0.1, -0.05) is 0 Å². The number of Topliss-reactive ketones (excluding diaryl/α,β-unsaturated/α-hetero) is 1. The minimum atomic E-state index is -0.582. The van der Waals surface area contributed by atoms with Crippen LogP contribution in [-0.4, -0.2) is 30.1 Å². The second-order valence-electron chi connectivity index (χ2n) is 5.79. The van der Waals surface area contributed by atoms with Crippen LogP contribution in [0.2, 0.25) is 0 Å². The summed E-state index contributed by atoms with van der Waals surface area (Å²) in [6.07, 6.45) is 5.97. The standard InChI is InChI=1S/C17H20ClNO3/c1-21-15-9-6-11(19-13-7-8-14(20)17(13)18)10-16(15)22-12-4-2-3-5-12/h6,9-10,12,17H,2-5,7-8H2,1H3. The summed E-state index contributed by atoms with van der Waals surface area (Å²) in [4.78, 5) is 16.0. The predicted octanol–water partition coefficient (Wildman–Crippen LogP) is 4.06. The fraction of sp³-hybridized carbons (Fsp3) is 0.529. The van der Waals surface area contributed by atoms with Crippen molar-refractivity contribution in [2.24, 2.45) is 4.99 Å². The summed E-state index contributed by atoms with van der Waals surface area (Å²) in [5, 5.41) is -0.582. The number of halogens is 1. The number of carbonyl (C=O) groups excluding carboxylic acids is 1. The molecule has 1 unspecified atom stereocenters. The lowest BCUT2D eigenvalue weighted by molar-refractivity contribution is -0.116. The third-order valence-corrected chi connectivity index (χ3v) is 4.71. The van der Waals surface area contributed by atoms with Crippen molar-refractivity contribution in [2.45, 2.75) is 50.0 Å². The summed E-state index contributed by atoms with van der Waals surface area (Å²) in [7, 11) is 1.63. The molecule has 118 valence electrons. The van der Waals surface area contributed by atoms with Gasteiger partial charge >= 0.3 is 0 Å². The topological polar surface area (TPSA) is 47.9 Å². The fourth-order valence-corrected chi connectivity index (χ4v) is 3.25. The zero-order valence-electron chi connectivity index (χ0n) is 12.7. The summed E-state index contributed by atoms with van der Waals surface area (Å²) in [5.41, 5.74) is 1.49. The lowest BCUT2D eigenvalue weighted by Gasteiger charge is -2.16. The molecule has 0 bridgehead atoms. The van der Waals surface area contributed by atoms with Crippen LogP contribution in [0.1, 0.15) is 38.5 Å². The molecule has 2 aliphatic rings. The maximum atomic E-state index is 11.5. The van der Waals surface area contributed by atoms with Crippen molar-refractivity contribution in [1.29, 1.82) is 0 Å². The molecule has 0 N–H and O–H groups in total. The third-order valence-electron chi connectivity index (χ3n) is 4.22. The van der Waals surface area contributed by atoms with Crippen LogP contribution >= 0.6 is 11.6 Å². The van der Waals surface area contributed by atoms with Crippen molar-refractivity contribution < 1.29 is 14.3 Å². The number of nitrogens with zero attached hydrogens (tertiary/aromatic N) is 1. The van der Waals surface area contributed by atoms with Crippen molar-refractivity contribution in [3.63, 3.8) is 0 Å². The molecule has 0 aromatic heterocycles. The maximum Gasteiger partial charge on any atom is 0.163 e. The van der Waals surface area contributed by atoms with E-state index in [0.29, 0.717) is 24.3 Å². The molecule has 2 aliphatic carbocycles. The van der Waals surface area contributed by atoms with E-state index in [1.165, 1.54) is 12.8 Å². The summed E-state index contributed by atoms with van der Waals surface area (Å²) < 4.78 is 11.4. The van der Waals surface area contributed by atoms with Crippen molar-refractivity contribution >= 4 is 28.8 Å². The molecule has 1 aromatic rings. The lowest BCUT2D eigenvalue weighted by Crippen LogP contribution is -2.13. The average Bonchev–Trinajstić information content (AvgIpc) is 3.13. The van der Waals surface area contributed by atoms with Crippen LogP contribution in [0.25, 0.3) is 0 Å². The Morgan fingerprint density at radius 3 is 2.59 bits per heavy atom. The van der Waals surface area contributed by atoms with Crippen LogP contribution in [0.4, 0.5) is 5.69 Å². The minimum Gasteiger partial charge on any atom is -0.493 e. The van der Waals surface area contributed by atoms with Gasteiger partial charge in [-0.3, -0.25) is 9.79 Å². The van der Waals surface area contributed by atoms with Crippen LogP contribution in [0.3, 0.4) is 0 Å². The smallest absolute Gasteiger partial charge is 0.163 e. The molecule has 1 atom stereocenters. The summed E-state index contributed by atoms with van der Waals surface area (Å²) >= 11 is 6.08. The first-order valence-electron chi connectivity index (χ1n) is 7.76. The first-order chi connectivity index (χ1) is 10.7. The molecule has 0 heterocycles. The van der Waals surface area contributed by atoms with Gasteiger partial charge in [0.05, 0.1) is 18.9 Å². The number of methoxy groups -OCH3 is 1. The van der Waals surface area contributed by atoms with Crippen molar-refractivity contribution in [2.75, 3.05) is 7.11 Å². The third kappa shape index (κ3) is 3.27. The summed E-state index contributed by atoms with van der Waals surface area (Å²) in [5.74, 6) is 1.48. The van der Waals surface area contributed by atoms with Gasteiger partial charge in [-0.15, -0.1) is 11.6 Å². The highest BCUT2D eigenvalue weighted by molar-refractivity contribution is 6.45. The fourth-order valence-electron chi connectivity index (χ4n) is 2.98. The molecule has 5 heteroatoms. The lowest BCUT2D eigenvalue weighted by atomic mass is 10.2. The van der Waals surface area contributed by atoms with E-state index in [1.807, 2.05) is 18.2 Å². The number of ketones is 1. The van der Waals surface area contributed by atoms with Crippen molar-refractivity contribution in [3.05, 3.63) is 18.2 Å². The van der Waals surface area contributed by atoms with Gasteiger partial charge in [-0.05, 0) is 44.2 Å². The Balaban J connectivity index is 1.83. The van der Waals surface area contributed by atoms with Crippen molar-refractivity contribution in [1.82, 2.24) is 0 Å². The Morgan fingerprint density at radius 1 is 1.18 bits per heavy atom. The zero-order valence-corrected chi connectivity index (χ0v) is 13.4. The Labute approximate surface area is 135 Å². The highest BCUT2D eigenvalue weighted by atomic mass is 35.5. The van der Waals surface area contributed by atoms with E-state index >= 15 is 0 Å². The monoisotopic (exact) mass is 321 g/mol. The predicted molar refractivity (Wildman–Crippen MR) is 86.9 cm³/mol. The maximum absolute atomic E-state index is 11.5. The SMILES string of the molecule is COc1ccc(N=C2CCC(=O)C2Cl)cc1OC1CCCC1. The van der Waals surface area contributed by atoms with Gasteiger partial charge in [0.1, 0.15) is 5.38 Å². The van der Waals surface area contributed by atoms with Crippen LogP contribution in [0.5, 0.6) is 11.5 Å². The van der Waals surface area contributed by atoms with E-state index in [4.69, 9.17) is 21.1 Å². The van der Waals surface area contributed by atoms with Gasteiger partial charge in [0.25, 0.3) is 0 Å². The Hall–Kier alpha value is -1.55. The first-order valence-corrected chi connectivity index (χ1v) is 8.20. The second kappa shape index (κ2) is 6.69. The highest BCUT2D eigenvalue weighted by Gasteiger charge is 2.29. The van der Waals surface area contributed by atoms with Crippen LogP contribution in [-0.2, 0) is 4.79 Å². The molecule has 0 spiro atoms. The summed E-state index contributed by atoms with van der Waals surface area (Å²) in [6, 6.07) is 5.58. The van der Waals surface area contributed by atoms with Gasteiger partial charge in [0.2, 0.25) is 0 Å². The Kier molecular flexibility index (Phi) is 4.67. The van der Waals surface area contributed by atoms with E-state index in [-0.39, 0.29) is 11.9 Å². The van der Waals surface area contributed by atoms with E-state index in [2.05, 4.69) is 4.99 Å². The van der Waals surface area contributed by atoms with Crippen LogP contribution in [0, 0.1) is 0 Å². The van der Waals surface area contributed by atoms with E-state index < -0.39 is 5.38 Å². The number of hydrogen-bond donors (Lipinski definition) is 0. The number of aliphatic imine (C=N–C) groups is 1. The molecule has 2 fully saturated rings. The first kappa shape index (κ1) is 15.3. The average molecular weight is 322 g/mol. The van der Waals surface area contributed by atoms with Gasteiger partial charge in [0, 0.05) is 18.2 Å². The number of benzene rings is 1. The zero-order chi connectivity index (χ0) is 15.5. The number of rotatable bonds is 4. The number of alkyl halides is 1. The van der Waals surface area contributed by atoms with Gasteiger partial charge in [0.15, 0.2) is 17.3 Å². The summed E-state index contributed by atoms with van der Waals surface area (Å²) in [6.45, 7) is 0. The van der Waals surface area contributed by atoms with E-state index in [0.717, 1.165) is 24.2 Å². The molecule has 22 heavy (non-hydrogen) atoms. The van der Waals surface area contributed by atoms with Crippen molar-refractivity contribution in [3.8, 4) is 11.5 Å². The quantitative estimate of drug-likeness (QED) is 0.786. The Bertz CT molecular complexity index is 594. The van der Waals surface area contributed by atoms with Crippen LogP contribution in [0.15, 0.2) is 23.2 Å². The molecule has 0 saturated heterocycles. The number of hydrogen-bond acceptors (Lipinski definition) is 4. The normalized spacial score (nSPS) is 24.2. The number of carbonyl (C=O) groups is 1. The van der Waals surface area contributed by atoms with Gasteiger partial charge in [-0.2, -0.15) is 0 Å². The largest absolute Gasteiger partial charge is 0.493 e. The molecule has 0 amide bonds. The molecule has 4 nitrogen and oxygen atoms in total.